The number of aliphatic hydroxyl groups is 2. The highest BCUT2D eigenvalue weighted by Gasteiger charge is 2.51. The largest absolute Gasteiger partial charge is 0.497 e. The van der Waals surface area contributed by atoms with Crippen LogP contribution in [0.3, 0.4) is 0 Å². The van der Waals surface area contributed by atoms with Crippen LogP contribution in [0.1, 0.15) is 40.7 Å². The Hall–Kier alpha value is -4.22. The van der Waals surface area contributed by atoms with Crippen molar-refractivity contribution in [2.45, 2.75) is 43.9 Å². The predicted octanol–water partition coefficient (Wildman–Crippen LogP) is 1.19. The second-order valence-corrected chi connectivity index (χ2v) is 9.78. The maximum atomic E-state index is 13.4. The molecular weight excluding hydrogens is 532 g/mol. The number of aldehydes is 1. The van der Waals surface area contributed by atoms with E-state index < -0.39 is 41.8 Å². The molecule has 2 aromatic rings. The topological polar surface area (TPSA) is 152 Å². The smallest absolute Gasteiger partial charge is 0.290 e. The van der Waals surface area contributed by atoms with Gasteiger partial charge in [0, 0.05) is 36.2 Å². The summed E-state index contributed by atoms with van der Waals surface area (Å²) in [6, 6.07) is 9.24. The van der Waals surface area contributed by atoms with E-state index >= 15 is 0 Å². The first kappa shape index (κ1) is 29.8. The summed E-state index contributed by atoms with van der Waals surface area (Å²) >= 11 is 0. The molecule has 3 N–H and O–H groups in total. The van der Waals surface area contributed by atoms with E-state index in [2.05, 4.69) is 5.32 Å². The van der Waals surface area contributed by atoms with Crippen LogP contribution in [0, 0.1) is 0 Å². The van der Waals surface area contributed by atoms with Crippen molar-refractivity contribution < 1.29 is 43.6 Å². The average molecular weight is 567 g/mol. The summed E-state index contributed by atoms with van der Waals surface area (Å²) in [6.07, 6.45) is 0.0468. The second-order valence-electron chi connectivity index (χ2n) is 9.78. The molecule has 4 unspecified atom stereocenters. The number of amides is 2. The highest BCUT2D eigenvalue weighted by Crippen LogP contribution is 2.51. The summed E-state index contributed by atoms with van der Waals surface area (Å²) in [5, 5.41) is 23.6. The standard InChI is InChI=1S/C30H34N2O9/c1-4-23(35)30(38)32(10-8-17-6-5-7-19(12-17)39-2)22-15-21(29(37)31-9-11-33)25-20-13-18(16-34)14-24(40-3)27(20)41-28(25)26(22)36/h5-7,12-16,22,25-26,28,33,36H,4,8-11H2,1-3H3,(H,31,37). The lowest BCUT2D eigenvalue weighted by Crippen LogP contribution is -2.57. The van der Waals surface area contributed by atoms with E-state index in [1.807, 2.05) is 18.2 Å². The summed E-state index contributed by atoms with van der Waals surface area (Å²) in [5.74, 6) is -1.62. The van der Waals surface area contributed by atoms with Crippen molar-refractivity contribution in [2.75, 3.05) is 33.9 Å². The van der Waals surface area contributed by atoms with Crippen LogP contribution in [0.5, 0.6) is 17.2 Å². The van der Waals surface area contributed by atoms with Crippen molar-refractivity contribution in [2.24, 2.45) is 0 Å². The van der Waals surface area contributed by atoms with Crippen LogP contribution in [0.15, 0.2) is 48.0 Å². The number of fused-ring (bicyclic) bond motifs is 3. The van der Waals surface area contributed by atoms with Gasteiger partial charge in [0.15, 0.2) is 11.5 Å². The van der Waals surface area contributed by atoms with Crippen LogP contribution in [-0.2, 0) is 20.8 Å². The van der Waals surface area contributed by atoms with Crippen LogP contribution < -0.4 is 19.5 Å². The fourth-order valence-electron chi connectivity index (χ4n) is 5.33. The molecule has 2 aliphatic rings. The monoisotopic (exact) mass is 566 g/mol. The molecule has 1 aliphatic heterocycles. The van der Waals surface area contributed by atoms with E-state index in [4.69, 9.17) is 14.2 Å². The molecule has 1 aliphatic carbocycles. The Morgan fingerprint density at radius 3 is 2.59 bits per heavy atom. The molecule has 0 fully saturated rings. The van der Waals surface area contributed by atoms with Gasteiger partial charge in [-0.15, -0.1) is 0 Å². The van der Waals surface area contributed by atoms with Gasteiger partial charge in [-0.3, -0.25) is 19.2 Å². The summed E-state index contributed by atoms with van der Waals surface area (Å²) in [6.45, 7) is 1.31. The first-order chi connectivity index (χ1) is 19.8. The van der Waals surface area contributed by atoms with Gasteiger partial charge in [0.05, 0.1) is 32.8 Å². The number of benzene rings is 2. The van der Waals surface area contributed by atoms with Crippen molar-refractivity contribution in [1.82, 2.24) is 10.2 Å². The van der Waals surface area contributed by atoms with E-state index in [1.165, 1.54) is 24.2 Å². The number of hydrogen-bond acceptors (Lipinski definition) is 9. The first-order valence-electron chi connectivity index (χ1n) is 13.4. The first-order valence-corrected chi connectivity index (χ1v) is 13.4. The lowest BCUT2D eigenvalue weighted by molar-refractivity contribution is -0.148. The zero-order chi connectivity index (χ0) is 29.7. The number of nitrogens with one attached hydrogen (secondary N) is 1. The molecule has 218 valence electrons. The quantitative estimate of drug-likeness (QED) is 0.254. The average Bonchev–Trinajstić information content (AvgIpc) is 3.39. The Balaban J connectivity index is 1.78. The second kappa shape index (κ2) is 13.0. The van der Waals surface area contributed by atoms with Gasteiger partial charge < -0.3 is 34.6 Å². The van der Waals surface area contributed by atoms with Crippen molar-refractivity contribution >= 4 is 23.9 Å². The number of carbonyl (C=O) groups is 4. The predicted molar refractivity (Wildman–Crippen MR) is 147 cm³/mol. The molecular formula is C30H34N2O9. The highest BCUT2D eigenvalue weighted by molar-refractivity contribution is 6.36. The SMILES string of the molecule is CCC(=O)C(=O)N(CCc1cccc(OC)c1)C1C=C(C(=O)NCCO)C2c3cc(C=O)cc(OC)c3OC2C1O. The maximum absolute atomic E-state index is 13.4. The Labute approximate surface area is 237 Å². The van der Waals surface area contributed by atoms with E-state index in [1.54, 1.807) is 26.2 Å². The fourth-order valence-corrected chi connectivity index (χ4v) is 5.33. The Morgan fingerprint density at radius 1 is 1.15 bits per heavy atom. The Kier molecular flexibility index (Phi) is 9.41. The van der Waals surface area contributed by atoms with Crippen LogP contribution in [0.25, 0.3) is 0 Å². The minimum atomic E-state index is -1.34. The molecule has 4 rings (SSSR count). The summed E-state index contributed by atoms with van der Waals surface area (Å²) in [7, 11) is 2.96. The molecule has 41 heavy (non-hydrogen) atoms. The minimum Gasteiger partial charge on any atom is -0.497 e. The minimum absolute atomic E-state index is 0.0288. The lowest BCUT2D eigenvalue weighted by Gasteiger charge is -2.40. The number of nitrogens with zero attached hydrogens (tertiary/aromatic N) is 1. The summed E-state index contributed by atoms with van der Waals surface area (Å²) in [4.78, 5) is 52.3. The number of methoxy groups -OCH3 is 2. The molecule has 11 heteroatoms. The number of Topliss-reactive ketones (excluding diaryl/α,β-unsaturated/α-hetero) is 1. The van der Waals surface area contributed by atoms with Crippen molar-refractivity contribution in [1.29, 1.82) is 0 Å². The third kappa shape index (κ3) is 5.96. The molecule has 0 bridgehead atoms. The van der Waals surface area contributed by atoms with Gasteiger partial charge in [-0.1, -0.05) is 19.1 Å². The van der Waals surface area contributed by atoms with E-state index in [0.29, 0.717) is 29.6 Å². The zero-order valence-electron chi connectivity index (χ0n) is 23.2. The number of carbonyl (C=O) groups excluding carboxylic acids is 4. The van der Waals surface area contributed by atoms with Crippen LogP contribution in [0.2, 0.25) is 0 Å². The van der Waals surface area contributed by atoms with Crippen molar-refractivity contribution in [3.8, 4) is 17.2 Å². The molecule has 2 amide bonds. The Morgan fingerprint density at radius 2 is 1.93 bits per heavy atom. The van der Waals surface area contributed by atoms with Crippen LogP contribution >= 0.6 is 0 Å². The van der Waals surface area contributed by atoms with E-state index in [-0.39, 0.29) is 43.2 Å². The molecule has 0 saturated heterocycles. The maximum Gasteiger partial charge on any atom is 0.290 e. The molecule has 0 aromatic heterocycles. The molecule has 1 heterocycles. The van der Waals surface area contributed by atoms with E-state index in [0.717, 1.165) is 5.56 Å². The molecule has 0 saturated carbocycles. The number of rotatable bonds is 12. The molecule has 0 spiro atoms. The van der Waals surface area contributed by atoms with Gasteiger partial charge in [0.2, 0.25) is 11.7 Å². The normalized spacial score (nSPS) is 20.6. The third-order valence-corrected chi connectivity index (χ3v) is 7.37. The van der Waals surface area contributed by atoms with Crippen LogP contribution in [-0.4, -0.2) is 91.2 Å². The van der Waals surface area contributed by atoms with Crippen molar-refractivity contribution in [3.63, 3.8) is 0 Å². The zero-order valence-corrected chi connectivity index (χ0v) is 23.2. The number of aliphatic hydroxyl groups excluding tert-OH is 2. The third-order valence-electron chi connectivity index (χ3n) is 7.37. The molecule has 0 radical (unpaired) electrons. The number of ether oxygens (including phenoxy) is 3. The highest BCUT2D eigenvalue weighted by atomic mass is 16.5. The van der Waals surface area contributed by atoms with Crippen molar-refractivity contribution in [3.05, 3.63) is 64.7 Å². The Bertz CT molecular complexity index is 1360. The fraction of sp³-hybridized carbons (Fsp3) is 0.400. The summed E-state index contributed by atoms with van der Waals surface area (Å²) < 4.78 is 16.9. The van der Waals surface area contributed by atoms with E-state index in [9.17, 15) is 29.4 Å². The van der Waals surface area contributed by atoms with Gasteiger partial charge in [0.25, 0.3) is 5.91 Å². The number of ketones is 1. The van der Waals surface area contributed by atoms with Gasteiger partial charge in [-0.05, 0) is 42.3 Å². The van der Waals surface area contributed by atoms with Gasteiger partial charge in [-0.25, -0.2) is 0 Å². The summed E-state index contributed by atoms with van der Waals surface area (Å²) in [5.41, 5.74) is 1.78. The van der Waals surface area contributed by atoms with Crippen LogP contribution in [0.4, 0.5) is 0 Å². The molecule has 2 aromatic carbocycles. The molecule has 4 atom stereocenters. The number of hydrogen-bond donors (Lipinski definition) is 3. The van der Waals surface area contributed by atoms with Gasteiger partial charge >= 0.3 is 0 Å². The van der Waals surface area contributed by atoms with Gasteiger partial charge in [0.1, 0.15) is 24.2 Å². The lowest BCUT2D eigenvalue weighted by atomic mass is 9.77. The van der Waals surface area contributed by atoms with Gasteiger partial charge in [-0.2, -0.15) is 0 Å². The molecule has 11 nitrogen and oxygen atoms in total.